The molecule has 220 valence electrons. The molecule has 0 fully saturated rings. The molecule has 0 spiro atoms. The fourth-order valence-electron chi connectivity index (χ4n) is 2.72. The minimum Gasteiger partial charge on any atom is -0.481 e. The molecule has 0 radical (unpaired) electrons. The van der Waals surface area contributed by atoms with E-state index in [1.807, 2.05) is 0 Å². The first-order valence-electron chi connectivity index (χ1n) is 14.3. The van der Waals surface area contributed by atoms with Gasteiger partial charge in [0.15, 0.2) is 7.37 Å². The zero-order chi connectivity index (χ0) is 28.5. The molecule has 0 heterocycles. The Morgan fingerprint density at radius 2 is 1.00 bits per heavy atom. The number of carbonyl (C=O) groups is 2. The summed E-state index contributed by atoms with van der Waals surface area (Å²) >= 11 is 0. The van der Waals surface area contributed by atoms with Gasteiger partial charge in [0, 0.05) is 32.8 Å². The Morgan fingerprint density at radius 1 is 0.639 bits per heavy atom. The van der Waals surface area contributed by atoms with Crippen LogP contribution in [0.3, 0.4) is 0 Å². The molecule has 36 heavy (non-hydrogen) atoms. The molecular formula is C28H61O7P. The molecule has 0 aliphatic heterocycles. The molecule has 7 nitrogen and oxygen atoms in total. The van der Waals surface area contributed by atoms with Crippen LogP contribution >= 0.6 is 7.37 Å². The van der Waals surface area contributed by atoms with Crippen molar-refractivity contribution in [3.05, 3.63) is 0 Å². The Balaban J connectivity index is -0.000000209. The van der Waals surface area contributed by atoms with Crippen LogP contribution in [0.2, 0.25) is 0 Å². The molecule has 0 aromatic rings. The van der Waals surface area contributed by atoms with Crippen molar-refractivity contribution in [2.75, 3.05) is 26.5 Å². The molecule has 8 heteroatoms. The predicted octanol–water partition coefficient (Wildman–Crippen LogP) is 8.20. The average molecular weight is 541 g/mol. The number of ether oxygens (including phenoxy) is 1. The lowest BCUT2D eigenvalue weighted by Crippen LogP contribution is -2.05. The Labute approximate surface area is 223 Å². The summed E-state index contributed by atoms with van der Waals surface area (Å²) in [7, 11) is -2.64. The summed E-state index contributed by atoms with van der Waals surface area (Å²) in [5.41, 5.74) is 0. The minimum atomic E-state index is -2.64. The standard InChI is InChI=1S/C13H26O2.C8H16O2.C5H12O.C2H7O2P/c1-3-5-7-8-9-11-13(14)15-12-10-6-4-2;1-2-3-4-5-6-7-8(9)10;1-2-3-4-5-6;1-5(2,3)4/h3-12H2,1-2H3;2-7H2,1H3,(H,9,10);6H,2-5H2,1H3;1-2H3,(H,3,4). The maximum Gasteiger partial charge on any atom is 0.305 e. The van der Waals surface area contributed by atoms with Crippen molar-refractivity contribution in [3.63, 3.8) is 0 Å². The van der Waals surface area contributed by atoms with Crippen LogP contribution in [0.25, 0.3) is 0 Å². The monoisotopic (exact) mass is 540 g/mol. The number of esters is 1. The summed E-state index contributed by atoms with van der Waals surface area (Å²) in [6.45, 7) is 12.2. The fourth-order valence-corrected chi connectivity index (χ4v) is 2.72. The van der Waals surface area contributed by atoms with Crippen LogP contribution in [0.5, 0.6) is 0 Å². The third kappa shape index (κ3) is 69.8. The number of aliphatic hydroxyl groups is 1. The predicted molar refractivity (Wildman–Crippen MR) is 153 cm³/mol. The topological polar surface area (TPSA) is 121 Å². The van der Waals surface area contributed by atoms with E-state index in [-0.39, 0.29) is 5.97 Å². The summed E-state index contributed by atoms with van der Waals surface area (Å²) < 4.78 is 14.9. The van der Waals surface area contributed by atoms with Crippen molar-refractivity contribution in [1.29, 1.82) is 0 Å². The summed E-state index contributed by atoms with van der Waals surface area (Å²) in [5.74, 6) is -0.681. The summed E-state index contributed by atoms with van der Waals surface area (Å²) in [6, 6.07) is 0. The van der Waals surface area contributed by atoms with Gasteiger partial charge in [0.2, 0.25) is 0 Å². The molecule has 0 aromatic heterocycles. The van der Waals surface area contributed by atoms with Gasteiger partial charge in [-0.1, -0.05) is 105 Å². The molecule has 0 aromatic carbocycles. The van der Waals surface area contributed by atoms with Crippen LogP contribution in [0, 0.1) is 0 Å². The zero-order valence-electron chi connectivity index (χ0n) is 24.6. The summed E-state index contributed by atoms with van der Waals surface area (Å²) in [6.07, 6.45) is 19.1. The van der Waals surface area contributed by atoms with Gasteiger partial charge in [-0.15, -0.1) is 0 Å². The zero-order valence-corrected chi connectivity index (χ0v) is 25.5. The largest absolute Gasteiger partial charge is 0.481 e. The SMILES string of the molecule is CCCCCCCC(=O)O.CCCCCCCC(=O)OCCCCC.CCCCCO.CP(C)(=O)O. The van der Waals surface area contributed by atoms with Crippen molar-refractivity contribution >= 4 is 19.3 Å². The lowest BCUT2D eigenvalue weighted by Gasteiger charge is -2.03. The van der Waals surface area contributed by atoms with Crippen LogP contribution < -0.4 is 0 Å². The number of carboxylic acid groups (broad SMARTS) is 1. The first-order valence-corrected chi connectivity index (χ1v) is 16.8. The summed E-state index contributed by atoms with van der Waals surface area (Å²) in [5, 5.41) is 16.5. The van der Waals surface area contributed by atoms with E-state index in [9.17, 15) is 14.2 Å². The Kier molecular flexibility index (Phi) is 42.5. The van der Waals surface area contributed by atoms with Crippen molar-refractivity contribution in [1.82, 2.24) is 0 Å². The van der Waals surface area contributed by atoms with Crippen molar-refractivity contribution in [2.45, 2.75) is 143 Å². The Hall–Kier alpha value is -0.910. The quantitative estimate of drug-likeness (QED) is 0.0857. The molecule has 0 aliphatic carbocycles. The third-order valence-corrected chi connectivity index (χ3v) is 4.75. The Bertz CT molecular complexity index is 466. The van der Waals surface area contributed by atoms with Gasteiger partial charge in [-0.05, 0) is 25.7 Å². The second-order valence-corrected chi connectivity index (χ2v) is 12.0. The second kappa shape index (κ2) is 36.2. The fraction of sp³-hybridized carbons (Fsp3) is 0.929. The molecular weight excluding hydrogens is 479 g/mol. The van der Waals surface area contributed by atoms with Gasteiger partial charge >= 0.3 is 11.9 Å². The van der Waals surface area contributed by atoms with Gasteiger partial charge in [-0.2, -0.15) is 0 Å². The molecule has 0 atom stereocenters. The number of aliphatic carboxylic acids is 1. The summed E-state index contributed by atoms with van der Waals surface area (Å²) in [4.78, 5) is 29.3. The van der Waals surface area contributed by atoms with Crippen LogP contribution in [0.4, 0.5) is 0 Å². The number of carboxylic acids is 1. The number of hydrogen-bond donors (Lipinski definition) is 3. The molecule has 0 saturated carbocycles. The number of rotatable bonds is 19. The van der Waals surface area contributed by atoms with Crippen LogP contribution in [0.1, 0.15) is 143 Å². The Morgan fingerprint density at radius 3 is 1.36 bits per heavy atom. The van der Waals surface area contributed by atoms with Crippen molar-refractivity contribution in [2.24, 2.45) is 0 Å². The van der Waals surface area contributed by atoms with E-state index in [4.69, 9.17) is 19.8 Å². The van der Waals surface area contributed by atoms with Gasteiger partial charge in [0.05, 0.1) is 6.61 Å². The molecule has 0 saturated heterocycles. The highest BCUT2D eigenvalue weighted by Gasteiger charge is 2.01. The first kappa shape index (κ1) is 42.2. The van der Waals surface area contributed by atoms with Gasteiger partial charge in [0.1, 0.15) is 0 Å². The molecule has 3 N–H and O–H groups in total. The van der Waals surface area contributed by atoms with E-state index in [1.54, 1.807) is 0 Å². The first-order chi connectivity index (χ1) is 17.0. The molecule has 0 bridgehead atoms. The number of carbonyl (C=O) groups excluding carboxylic acids is 1. The number of hydrogen-bond acceptors (Lipinski definition) is 5. The van der Waals surface area contributed by atoms with Crippen LogP contribution in [-0.4, -0.2) is 53.6 Å². The lowest BCUT2D eigenvalue weighted by molar-refractivity contribution is -0.144. The number of aliphatic hydroxyl groups excluding tert-OH is 1. The average Bonchev–Trinajstić information content (AvgIpc) is 2.80. The molecule has 0 amide bonds. The lowest BCUT2D eigenvalue weighted by atomic mass is 10.1. The highest BCUT2D eigenvalue weighted by Crippen LogP contribution is 2.27. The highest BCUT2D eigenvalue weighted by molar-refractivity contribution is 7.56. The van der Waals surface area contributed by atoms with E-state index >= 15 is 0 Å². The van der Waals surface area contributed by atoms with E-state index in [0.717, 1.165) is 51.4 Å². The van der Waals surface area contributed by atoms with Crippen molar-refractivity contribution in [3.8, 4) is 0 Å². The van der Waals surface area contributed by atoms with E-state index in [0.29, 0.717) is 26.1 Å². The molecule has 0 aliphatic rings. The maximum absolute atomic E-state index is 11.2. The van der Waals surface area contributed by atoms with Gasteiger partial charge in [-0.3, -0.25) is 14.2 Å². The van der Waals surface area contributed by atoms with E-state index < -0.39 is 13.3 Å². The van der Waals surface area contributed by atoms with E-state index in [1.165, 1.54) is 64.7 Å². The van der Waals surface area contributed by atoms with Crippen molar-refractivity contribution < 1.29 is 34.0 Å². The van der Waals surface area contributed by atoms with E-state index in [2.05, 4.69) is 27.7 Å². The third-order valence-electron chi connectivity index (χ3n) is 4.75. The van der Waals surface area contributed by atoms with Crippen LogP contribution in [0.15, 0.2) is 0 Å². The molecule has 0 rings (SSSR count). The number of unbranched alkanes of at least 4 members (excludes halogenated alkanes) is 12. The van der Waals surface area contributed by atoms with Gasteiger partial charge in [-0.25, -0.2) is 0 Å². The second-order valence-electron chi connectivity index (χ2n) is 9.37. The highest BCUT2D eigenvalue weighted by atomic mass is 31.2. The van der Waals surface area contributed by atoms with Crippen LogP contribution in [-0.2, 0) is 18.9 Å². The van der Waals surface area contributed by atoms with Gasteiger partial charge in [0.25, 0.3) is 0 Å². The maximum atomic E-state index is 11.2. The van der Waals surface area contributed by atoms with Gasteiger partial charge < -0.3 is 19.8 Å². The molecule has 0 unspecified atom stereocenters. The normalized spacial score (nSPS) is 10.1. The smallest absolute Gasteiger partial charge is 0.305 e. The minimum absolute atomic E-state index is 0.0115.